The van der Waals surface area contributed by atoms with E-state index in [-0.39, 0.29) is 5.91 Å². The fraction of sp³-hybridized carbons (Fsp3) is 0.120. The number of ether oxygens (including phenoxy) is 2. The van der Waals surface area contributed by atoms with Crippen LogP contribution in [0.5, 0.6) is 11.5 Å². The first kappa shape index (κ1) is 21.8. The molecule has 0 fully saturated rings. The van der Waals surface area contributed by atoms with Crippen LogP contribution < -0.4 is 14.8 Å². The van der Waals surface area contributed by atoms with Crippen molar-refractivity contribution in [3.8, 4) is 17.3 Å². The van der Waals surface area contributed by atoms with Crippen molar-refractivity contribution in [1.29, 1.82) is 0 Å². The lowest BCUT2D eigenvalue weighted by Crippen LogP contribution is -2.13. The van der Waals surface area contributed by atoms with Gasteiger partial charge < -0.3 is 14.8 Å². The third kappa shape index (κ3) is 5.07. The Labute approximate surface area is 190 Å². The number of rotatable bonds is 6. The standard InChI is InChI=1S/C25H22N4O4/c1-16-14-24(29(28-16)23-12-10-19-6-4-5-7-20(19)26-23)27-25(31)13-9-18-8-11-21(33-17(2)30)22(15-18)32-3/h4-15H,1-3H3,(H,27,31)/b13-9+. The highest BCUT2D eigenvalue weighted by Crippen LogP contribution is 2.28. The maximum Gasteiger partial charge on any atom is 0.308 e. The summed E-state index contributed by atoms with van der Waals surface area (Å²) in [7, 11) is 1.48. The highest BCUT2D eigenvalue weighted by Gasteiger charge is 2.12. The van der Waals surface area contributed by atoms with Crippen molar-refractivity contribution in [1.82, 2.24) is 14.8 Å². The molecule has 8 nitrogen and oxygen atoms in total. The molecular weight excluding hydrogens is 420 g/mol. The average molecular weight is 442 g/mol. The fourth-order valence-electron chi connectivity index (χ4n) is 3.30. The van der Waals surface area contributed by atoms with Crippen LogP contribution in [-0.2, 0) is 9.59 Å². The molecule has 33 heavy (non-hydrogen) atoms. The maximum atomic E-state index is 12.6. The molecule has 2 heterocycles. The number of nitrogens with one attached hydrogen (secondary N) is 1. The van der Waals surface area contributed by atoms with Crippen molar-refractivity contribution in [2.75, 3.05) is 12.4 Å². The van der Waals surface area contributed by atoms with Gasteiger partial charge in [-0.1, -0.05) is 24.3 Å². The topological polar surface area (TPSA) is 95.3 Å². The Kier molecular flexibility index (Phi) is 6.17. The van der Waals surface area contributed by atoms with E-state index in [2.05, 4.69) is 15.4 Å². The summed E-state index contributed by atoms with van der Waals surface area (Å²) in [6.45, 7) is 3.16. The monoisotopic (exact) mass is 442 g/mol. The molecule has 0 saturated heterocycles. The van der Waals surface area contributed by atoms with Crippen molar-refractivity contribution in [3.05, 3.63) is 78.0 Å². The second-order valence-electron chi connectivity index (χ2n) is 7.27. The number of aromatic nitrogens is 3. The van der Waals surface area contributed by atoms with Crippen LogP contribution in [0.15, 0.2) is 66.7 Å². The molecule has 0 aliphatic heterocycles. The van der Waals surface area contributed by atoms with Crippen LogP contribution in [-0.4, -0.2) is 33.8 Å². The lowest BCUT2D eigenvalue weighted by molar-refractivity contribution is -0.132. The van der Waals surface area contributed by atoms with Crippen LogP contribution in [0.3, 0.4) is 0 Å². The van der Waals surface area contributed by atoms with E-state index in [9.17, 15) is 9.59 Å². The highest BCUT2D eigenvalue weighted by atomic mass is 16.6. The minimum Gasteiger partial charge on any atom is -0.493 e. The van der Waals surface area contributed by atoms with E-state index in [1.54, 1.807) is 35.0 Å². The Morgan fingerprint density at radius 1 is 1.03 bits per heavy atom. The molecule has 2 aromatic heterocycles. The number of hydrogen-bond donors (Lipinski definition) is 1. The number of pyridine rings is 1. The second-order valence-corrected chi connectivity index (χ2v) is 7.27. The number of esters is 1. The minimum absolute atomic E-state index is 0.314. The summed E-state index contributed by atoms with van der Waals surface area (Å²) >= 11 is 0. The van der Waals surface area contributed by atoms with Crippen molar-refractivity contribution in [2.24, 2.45) is 0 Å². The van der Waals surface area contributed by atoms with Crippen molar-refractivity contribution in [3.63, 3.8) is 0 Å². The zero-order valence-corrected chi connectivity index (χ0v) is 18.4. The van der Waals surface area contributed by atoms with E-state index in [1.165, 1.54) is 20.1 Å². The number of aryl methyl sites for hydroxylation is 1. The van der Waals surface area contributed by atoms with Crippen molar-refractivity contribution < 1.29 is 19.1 Å². The number of hydrogen-bond acceptors (Lipinski definition) is 6. The molecule has 166 valence electrons. The first-order chi connectivity index (χ1) is 15.9. The number of fused-ring (bicyclic) bond motifs is 1. The van der Waals surface area contributed by atoms with Crippen LogP contribution in [0.4, 0.5) is 5.82 Å². The van der Waals surface area contributed by atoms with Crippen molar-refractivity contribution in [2.45, 2.75) is 13.8 Å². The quantitative estimate of drug-likeness (QED) is 0.272. The van der Waals surface area contributed by atoms with Gasteiger partial charge in [0, 0.05) is 24.5 Å². The molecule has 0 spiro atoms. The predicted octanol–water partition coefficient (Wildman–Crippen LogP) is 4.31. The number of methoxy groups -OCH3 is 1. The van der Waals surface area contributed by atoms with Crippen LogP contribution in [0.1, 0.15) is 18.2 Å². The third-order valence-corrected chi connectivity index (χ3v) is 4.75. The largest absolute Gasteiger partial charge is 0.493 e. The number of carbonyl (C=O) groups is 2. The molecule has 4 aromatic rings. The molecule has 0 saturated carbocycles. The first-order valence-electron chi connectivity index (χ1n) is 10.2. The summed E-state index contributed by atoms with van der Waals surface area (Å²) in [4.78, 5) is 28.4. The van der Waals surface area contributed by atoms with Gasteiger partial charge in [-0.25, -0.2) is 4.98 Å². The van der Waals surface area contributed by atoms with Gasteiger partial charge in [-0.3, -0.25) is 9.59 Å². The second kappa shape index (κ2) is 9.35. The Hall–Kier alpha value is -4.46. The molecule has 0 unspecified atom stereocenters. The predicted molar refractivity (Wildman–Crippen MR) is 126 cm³/mol. The summed E-state index contributed by atoms with van der Waals surface area (Å²) in [6.07, 6.45) is 3.04. The number of carbonyl (C=O) groups excluding carboxylic acids is 2. The summed E-state index contributed by atoms with van der Waals surface area (Å²) in [5, 5.41) is 8.34. The molecular formula is C25H22N4O4. The molecule has 1 amide bonds. The number of nitrogens with zero attached hydrogens (tertiary/aromatic N) is 3. The molecule has 1 N–H and O–H groups in total. The van der Waals surface area contributed by atoms with Gasteiger partial charge in [0.05, 0.1) is 18.3 Å². The van der Waals surface area contributed by atoms with Gasteiger partial charge in [0.15, 0.2) is 17.3 Å². The van der Waals surface area contributed by atoms with E-state index in [0.29, 0.717) is 28.7 Å². The summed E-state index contributed by atoms with van der Waals surface area (Å²) in [5.74, 6) is 1.04. The van der Waals surface area contributed by atoms with Crippen LogP contribution in [0.25, 0.3) is 22.8 Å². The van der Waals surface area contributed by atoms with Gasteiger partial charge in [-0.05, 0) is 48.9 Å². The van der Waals surface area contributed by atoms with Crippen LogP contribution in [0, 0.1) is 6.92 Å². The zero-order chi connectivity index (χ0) is 23.4. The lowest BCUT2D eigenvalue weighted by Gasteiger charge is -2.09. The minimum atomic E-state index is -0.441. The molecule has 0 aliphatic carbocycles. The SMILES string of the molecule is COc1cc(/C=C/C(=O)Nc2cc(C)nn2-c2ccc3ccccc3n2)ccc1OC(C)=O. The van der Waals surface area contributed by atoms with Gasteiger partial charge in [-0.15, -0.1) is 0 Å². The van der Waals surface area contributed by atoms with Gasteiger partial charge in [0.1, 0.15) is 5.82 Å². The number of anilines is 1. The van der Waals surface area contributed by atoms with Gasteiger partial charge in [-0.2, -0.15) is 9.78 Å². The Morgan fingerprint density at radius 3 is 2.64 bits per heavy atom. The summed E-state index contributed by atoms with van der Waals surface area (Å²) in [6, 6.07) is 18.4. The highest BCUT2D eigenvalue weighted by molar-refractivity contribution is 6.01. The molecule has 4 rings (SSSR count). The third-order valence-electron chi connectivity index (χ3n) is 4.75. The Bertz CT molecular complexity index is 1370. The molecule has 0 radical (unpaired) electrons. The van der Waals surface area contributed by atoms with E-state index in [4.69, 9.17) is 9.47 Å². The summed E-state index contributed by atoms with van der Waals surface area (Å²) < 4.78 is 12.0. The Balaban J connectivity index is 1.53. The molecule has 0 bridgehead atoms. The summed E-state index contributed by atoms with van der Waals surface area (Å²) in [5.41, 5.74) is 2.29. The normalized spacial score (nSPS) is 11.0. The van der Waals surface area contributed by atoms with E-state index < -0.39 is 5.97 Å². The lowest BCUT2D eigenvalue weighted by atomic mass is 10.2. The maximum absolute atomic E-state index is 12.6. The molecule has 2 aromatic carbocycles. The van der Waals surface area contributed by atoms with E-state index in [1.807, 2.05) is 43.3 Å². The van der Waals surface area contributed by atoms with Crippen LogP contribution in [0.2, 0.25) is 0 Å². The van der Waals surface area contributed by atoms with E-state index >= 15 is 0 Å². The zero-order valence-electron chi connectivity index (χ0n) is 18.4. The van der Waals surface area contributed by atoms with Gasteiger partial charge in [0.2, 0.25) is 5.91 Å². The first-order valence-corrected chi connectivity index (χ1v) is 10.2. The number of benzene rings is 2. The van der Waals surface area contributed by atoms with Crippen molar-refractivity contribution >= 4 is 34.7 Å². The van der Waals surface area contributed by atoms with Gasteiger partial charge >= 0.3 is 5.97 Å². The average Bonchev–Trinajstić information content (AvgIpc) is 3.17. The molecule has 0 aliphatic rings. The molecule has 0 atom stereocenters. The fourth-order valence-corrected chi connectivity index (χ4v) is 3.30. The van der Waals surface area contributed by atoms with Gasteiger partial charge in [0.25, 0.3) is 0 Å². The number of para-hydroxylation sites is 1. The molecule has 8 heteroatoms. The Morgan fingerprint density at radius 2 is 1.85 bits per heavy atom. The number of amides is 1. The van der Waals surface area contributed by atoms with E-state index in [0.717, 1.165) is 16.6 Å². The van der Waals surface area contributed by atoms with Crippen LogP contribution >= 0.6 is 0 Å². The smallest absolute Gasteiger partial charge is 0.308 e.